The van der Waals surface area contributed by atoms with Gasteiger partial charge in [0.05, 0.1) is 17.4 Å². The fourth-order valence-electron chi connectivity index (χ4n) is 3.23. The third-order valence-electron chi connectivity index (χ3n) is 4.73. The minimum absolute atomic E-state index is 0.155. The maximum Gasteiger partial charge on any atom is 0.235 e. The summed E-state index contributed by atoms with van der Waals surface area (Å²) in [5.41, 5.74) is 1.17. The molecule has 0 N–H and O–H groups in total. The van der Waals surface area contributed by atoms with Crippen LogP contribution < -0.4 is 9.64 Å². The predicted octanol–water partition coefficient (Wildman–Crippen LogP) is 4.57. The molecule has 1 aliphatic heterocycles. The van der Waals surface area contributed by atoms with E-state index in [1.54, 1.807) is 7.11 Å². The van der Waals surface area contributed by atoms with E-state index in [-0.39, 0.29) is 11.2 Å². The van der Waals surface area contributed by atoms with E-state index >= 15 is 0 Å². The van der Waals surface area contributed by atoms with Gasteiger partial charge < -0.3 is 14.5 Å². The third-order valence-corrected chi connectivity index (χ3v) is 6.34. The first-order valence-corrected chi connectivity index (χ1v) is 10.4. The first kappa shape index (κ1) is 19.9. The van der Waals surface area contributed by atoms with Crippen LogP contribution in [-0.4, -0.2) is 49.3 Å². The van der Waals surface area contributed by atoms with Crippen LogP contribution in [0.2, 0.25) is 5.02 Å². The van der Waals surface area contributed by atoms with Crippen molar-refractivity contribution in [3.8, 4) is 5.75 Å². The third kappa shape index (κ3) is 5.11. The van der Waals surface area contributed by atoms with E-state index in [9.17, 15) is 4.79 Å². The molecule has 0 radical (unpaired) electrons. The molecule has 2 aromatic rings. The van der Waals surface area contributed by atoms with Crippen molar-refractivity contribution in [2.24, 2.45) is 0 Å². The number of carbonyl (C=O) groups is 1. The second-order valence-corrected chi connectivity index (χ2v) is 8.34. The normalized spacial score (nSPS) is 16.0. The van der Waals surface area contributed by atoms with E-state index in [0.29, 0.717) is 5.02 Å². The van der Waals surface area contributed by atoms with E-state index in [1.165, 1.54) is 17.4 Å². The zero-order chi connectivity index (χ0) is 19.2. The smallest absolute Gasteiger partial charge is 0.235 e. The summed E-state index contributed by atoms with van der Waals surface area (Å²) >= 11 is 7.76. The molecule has 0 bridgehead atoms. The van der Waals surface area contributed by atoms with Gasteiger partial charge in [0.1, 0.15) is 5.75 Å². The standard InChI is InChI=1S/C21H25ClN2O2S/c1-16(27-20-7-4-3-6-19(20)22)21(25)24-13-5-12-23(14-15-24)17-8-10-18(26-2)11-9-17/h3-4,6-11,16H,5,12-15H2,1-2H3. The Labute approximate surface area is 170 Å². The highest BCUT2D eigenvalue weighted by molar-refractivity contribution is 8.00. The minimum Gasteiger partial charge on any atom is -0.497 e. The molecule has 0 aromatic heterocycles. The van der Waals surface area contributed by atoms with Gasteiger partial charge in [-0.2, -0.15) is 0 Å². The largest absolute Gasteiger partial charge is 0.497 e. The molecule has 1 unspecified atom stereocenters. The van der Waals surface area contributed by atoms with Crippen LogP contribution in [0.4, 0.5) is 5.69 Å². The van der Waals surface area contributed by atoms with Crippen LogP contribution in [0.15, 0.2) is 53.4 Å². The Bertz CT molecular complexity index is 769. The molecule has 27 heavy (non-hydrogen) atoms. The molecular formula is C21H25ClN2O2S. The van der Waals surface area contributed by atoms with Crippen LogP contribution in [0.1, 0.15) is 13.3 Å². The molecule has 1 heterocycles. The monoisotopic (exact) mass is 404 g/mol. The molecule has 0 saturated carbocycles. The van der Waals surface area contributed by atoms with Gasteiger partial charge in [-0.1, -0.05) is 23.7 Å². The van der Waals surface area contributed by atoms with E-state index in [2.05, 4.69) is 17.0 Å². The number of anilines is 1. The van der Waals surface area contributed by atoms with Gasteiger partial charge in [0, 0.05) is 36.8 Å². The van der Waals surface area contributed by atoms with Gasteiger partial charge in [-0.15, -0.1) is 11.8 Å². The fraction of sp³-hybridized carbons (Fsp3) is 0.381. The van der Waals surface area contributed by atoms with Crippen molar-refractivity contribution in [3.63, 3.8) is 0 Å². The maximum atomic E-state index is 12.9. The summed E-state index contributed by atoms with van der Waals surface area (Å²) in [5, 5.41) is 0.543. The second-order valence-electron chi connectivity index (χ2n) is 6.55. The Kier molecular flexibility index (Phi) is 6.91. The summed E-state index contributed by atoms with van der Waals surface area (Å²) in [7, 11) is 1.67. The highest BCUT2D eigenvalue weighted by Gasteiger charge is 2.24. The van der Waals surface area contributed by atoms with Gasteiger partial charge in [0.15, 0.2) is 0 Å². The number of ether oxygens (including phenoxy) is 1. The highest BCUT2D eigenvalue weighted by atomic mass is 35.5. The molecule has 1 atom stereocenters. The molecule has 3 rings (SSSR count). The van der Waals surface area contributed by atoms with Crippen LogP contribution in [0.25, 0.3) is 0 Å². The van der Waals surface area contributed by atoms with Crippen molar-refractivity contribution in [2.45, 2.75) is 23.5 Å². The molecule has 144 valence electrons. The summed E-state index contributed by atoms with van der Waals surface area (Å²) in [6.07, 6.45) is 0.960. The molecule has 2 aromatic carbocycles. The summed E-state index contributed by atoms with van der Waals surface area (Å²) in [5.74, 6) is 1.03. The maximum absolute atomic E-state index is 12.9. The van der Waals surface area contributed by atoms with Crippen molar-refractivity contribution in [3.05, 3.63) is 53.6 Å². The Balaban J connectivity index is 1.59. The number of methoxy groups -OCH3 is 1. The molecule has 4 nitrogen and oxygen atoms in total. The van der Waals surface area contributed by atoms with Crippen molar-refractivity contribution in [1.82, 2.24) is 4.90 Å². The average Bonchev–Trinajstić information content (AvgIpc) is 2.95. The number of rotatable bonds is 5. The number of hydrogen-bond acceptors (Lipinski definition) is 4. The van der Waals surface area contributed by atoms with Crippen LogP contribution >= 0.6 is 23.4 Å². The quantitative estimate of drug-likeness (QED) is 0.683. The zero-order valence-electron chi connectivity index (χ0n) is 15.7. The number of halogens is 1. The van der Waals surface area contributed by atoms with Crippen molar-refractivity contribution in [2.75, 3.05) is 38.2 Å². The molecule has 1 fully saturated rings. The van der Waals surface area contributed by atoms with Crippen LogP contribution in [0.5, 0.6) is 5.75 Å². The molecule has 6 heteroatoms. The first-order valence-electron chi connectivity index (χ1n) is 9.17. The predicted molar refractivity (Wildman–Crippen MR) is 113 cm³/mol. The summed E-state index contributed by atoms with van der Waals surface area (Å²) < 4.78 is 5.23. The Morgan fingerprint density at radius 3 is 2.52 bits per heavy atom. The van der Waals surface area contributed by atoms with Crippen LogP contribution in [0, 0.1) is 0 Å². The Hall–Kier alpha value is -1.85. The minimum atomic E-state index is -0.155. The summed E-state index contributed by atoms with van der Waals surface area (Å²) in [4.78, 5) is 18.2. The summed E-state index contributed by atoms with van der Waals surface area (Å²) in [6.45, 7) is 5.27. The lowest BCUT2D eigenvalue weighted by Crippen LogP contribution is -2.39. The van der Waals surface area contributed by atoms with E-state index in [1.807, 2.05) is 48.2 Å². The van der Waals surface area contributed by atoms with Gasteiger partial charge in [-0.05, 0) is 49.7 Å². The van der Waals surface area contributed by atoms with Crippen molar-refractivity contribution in [1.29, 1.82) is 0 Å². The number of hydrogen-bond donors (Lipinski definition) is 0. The van der Waals surface area contributed by atoms with Gasteiger partial charge in [-0.25, -0.2) is 0 Å². The first-order chi connectivity index (χ1) is 13.1. The lowest BCUT2D eigenvalue weighted by atomic mass is 10.2. The van der Waals surface area contributed by atoms with Gasteiger partial charge in [0.2, 0.25) is 5.91 Å². The number of amides is 1. The summed E-state index contributed by atoms with van der Waals surface area (Å²) in [6, 6.07) is 15.8. The number of carbonyl (C=O) groups excluding carboxylic acids is 1. The van der Waals surface area contributed by atoms with E-state index in [4.69, 9.17) is 16.3 Å². The zero-order valence-corrected chi connectivity index (χ0v) is 17.3. The van der Waals surface area contributed by atoms with Gasteiger partial charge in [0.25, 0.3) is 0 Å². The number of nitrogens with zero attached hydrogens (tertiary/aromatic N) is 2. The average molecular weight is 405 g/mol. The molecule has 0 aliphatic carbocycles. The Morgan fingerprint density at radius 2 is 1.81 bits per heavy atom. The molecule has 1 aliphatic rings. The highest BCUT2D eigenvalue weighted by Crippen LogP contribution is 2.31. The van der Waals surface area contributed by atoms with Crippen LogP contribution in [-0.2, 0) is 4.79 Å². The number of thioether (sulfide) groups is 1. The number of benzene rings is 2. The van der Waals surface area contributed by atoms with Gasteiger partial charge in [-0.3, -0.25) is 4.79 Å². The van der Waals surface area contributed by atoms with Gasteiger partial charge >= 0.3 is 0 Å². The van der Waals surface area contributed by atoms with Crippen LogP contribution in [0.3, 0.4) is 0 Å². The van der Waals surface area contributed by atoms with E-state index < -0.39 is 0 Å². The second kappa shape index (κ2) is 9.38. The fourth-order valence-corrected chi connectivity index (χ4v) is 4.47. The SMILES string of the molecule is COc1ccc(N2CCCN(C(=O)C(C)Sc3ccccc3Cl)CC2)cc1. The lowest BCUT2D eigenvalue weighted by Gasteiger charge is -2.25. The van der Waals surface area contributed by atoms with E-state index in [0.717, 1.165) is 43.2 Å². The molecule has 1 saturated heterocycles. The Morgan fingerprint density at radius 1 is 1.07 bits per heavy atom. The molecule has 0 spiro atoms. The molecule has 1 amide bonds. The lowest BCUT2D eigenvalue weighted by molar-refractivity contribution is -0.130. The topological polar surface area (TPSA) is 32.8 Å². The van der Waals surface area contributed by atoms with Crippen molar-refractivity contribution >= 4 is 35.0 Å². The van der Waals surface area contributed by atoms with Crippen molar-refractivity contribution < 1.29 is 9.53 Å². The molecular weight excluding hydrogens is 380 g/mol.